The fourth-order valence-electron chi connectivity index (χ4n) is 0.917. The summed E-state index contributed by atoms with van der Waals surface area (Å²) in [4.78, 5) is 4.11. The van der Waals surface area contributed by atoms with Gasteiger partial charge in [-0.05, 0) is 12.3 Å². The number of aryl methyl sites for hydroxylation is 1. The summed E-state index contributed by atoms with van der Waals surface area (Å²) < 4.78 is 4.99. The highest BCUT2D eigenvalue weighted by molar-refractivity contribution is 4.90. The largest absolute Gasteiger partial charge is 0.339 e. The van der Waals surface area contributed by atoms with E-state index in [1.54, 1.807) is 6.92 Å². The van der Waals surface area contributed by atoms with Crippen LogP contribution in [-0.2, 0) is 6.42 Å². The van der Waals surface area contributed by atoms with Gasteiger partial charge in [-0.3, -0.25) is 0 Å². The Morgan fingerprint density at radius 1 is 1.46 bits per heavy atom. The molecule has 0 bridgehead atoms. The molecule has 0 aliphatic rings. The Morgan fingerprint density at radius 2 is 2.08 bits per heavy atom. The Kier molecular flexibility index (Phi) is 2.71. The van der Waals surface area contributed by atoms with E-state index >= 15 is 0 Å². The lowest BCUT2D eigenvalue weighted by Gasteiger charge is -2.25. The van der Waals surface area contributed by atoms with Crippen molar-refractivity contribution in [3.8, 4) is 0 Å². The molecule has 1 atom stereocenters. The maximum Gasteiger partial charge on any atom is 0.228 e. The van der Waals surface area contributed by atoms with Crippen LogP contribution in [0.15, 0.2) is 4.52 Å². The summed E-state index contributed by atoms with van der Waals surface area (Å²) in [5.41, 5.74) is 6.04. The lowest BCUT2D eigenvalue weighted by Crippen LogP contribution is -2.36. The first-order chi connectivity index (χ1) is 5.89. The second kappa shape index (κ2) is 3.46. The van der Waals surface area contributed by atoms with Gasteiger partial charge in [0.05, 0.1) is 0 Å². The molecule has 74 valence electrons. The van der Waals surface area contributed by atoms with Crippen LogP contribution in [0.5, 0.6) is 0 Å². The first-order valence-corrected chi connectivity index (χ1v) is 4.44. The molecule has 1 unspecified atom stereocenters. The molecule has 0 fully saturated rings. The lowest BCUT2D eigenvalue weighted by atomic mass is 9.85. The molecule has 1 aromatic heterocycles. The van der Waals surface area contributed by atoms with E-state index in [0.717, 1.165) is 0 Å². The van der Waals surface area contributed by atoms with Gasteiger partial charge in [0, 0.05) is 12.5 Å². The van der Waals surface area contributed by atoms with Crippen LogP contribution in [0, 0.1) is 12.3 Å². The first kappa shape index (κ1) is 10.2. The monoisotopic (exact) mass is 183 g/mol. The number of aromatic nitrogens is 2. The predicted octanol–water partition coefficient (Wildman–Crippen LogP) is 1.29. The highest BCUT2D eigenvalue weighted by Crippen LogP contribution is 2.19. The Morgan fingerprint density at radius 3 is 2.46 bits per heavy atom. The van der Waals surface area contributed by atoms with E-state index in [1.807, 2.05) is 0 Å². The number of hydrogen-bond acceptors (Lipinski definition) is 4. The van der Waals surface area contributed by atoms with Crippen molar-refractivity contribution in [2.45, 2.75) is 40.2 Å². The van der Waals surface area contributed by atoms with Crippen molar-refractivity contribution in [2.24, 2.45) is 11.1 Å². The molecule has 4 heteroatoms. The molecular formula is C9H17N3O. The minimum atomic E-state index is 0.0485. The fraction of sp³-hybridized carbons (Fsp3) is 0.778. The summed E-state index contributed by atoms with van der Waals surface area (Å²) >= 11 is 0. The first-order valence-electron chi connectivity index (χ1n) is 4.44. The van der Waals surface area contributed by atoms with E-state index in [9.17, 15) is 0 Å². The van der Waals surface area contributed by atoms with Crippen LogP contribution >= 0.6 is 0 Å². The topological polar surface area (TPSA) is 64.9 Å². The second-order valence-electron chi connectivity index (χ2n) is 4.41. The molecule has 0 saturated carbocycles. The quantitative estimate of drug-likeness (QED) is 0.750. The van der Waals surface area contributed by atoms with Gasteiger partial charge in [0.1, 0.15) is 0 Å². The number of nitrogens with two attached hydrogens (primary N) is 1. The van der Waals surface area contributed by atoms with Crippen molar-refractivity contribution in [1.82, 2.24) is 10.1 Å². The van der Waals surface area contributed by atoms with Gasteiger partial charge in [0.25, 0.3) is 0 Å². The van der Waals surface area contributed by atoms with Crippen LogP contribution in [0.3, 0.4) is 0 Å². The molecular weight excluding hydrogens is 166 g/mol. The third kappa shape index (κ3) is 2.81. The van der Waals surface area contributed by atoms with E-state index < -0.39 is 0 Å². The molecule has 0 saturated heterocycles. The normalized spacial score (nSPS) is 14.5. The van der Waals surface area contributed by atoms with Crippen molar-refractivity contribution >= 4 is 0 Å². The van der Waals surface area contributed by atoms with Crippen molar-refractivity contribution in [2.75, 3.05) is 0 Å². The van der Waals surface area contributed by atoms with Crippen molar-refractivity contribution < 1.29 is 4.52 Å². The van der Waals surface area contributed by atoms with Gasteiger partial charge in [-0.25, -0.2) is 0 Å². The minimum absolute atomic E-state index is 0.0485. The highest BCUT2D eigenvalue weighted by atomic mass is 16.5. The molecule has 1 rings (SSSR count). The van der Waals surface area contributed by atoms with E-state index in [1.165, 1.54) is 0 Å². The Labute approximate surface area is 78.5 Å². The molecule has 2 N–H and O–H groups in total. The van der Waals surface area contributed by atoms with Crippen molar-refractivity contribution in [1.29, 1.82) is 0 Å². The number of nitrogens with zero attached hydrogens (tertiary/aromatic N) is 2. The maximum absolute atomic E-state index is 5.96. The molecule has 0 amide bonds. The lowest BCUT2D eigenvalue weighted by molar-refractivity contribution is 0.285. The van der Waals surface area contributed by atoms with Gasteiger partial charge in [0.15, 0.2) is 5.82 Å². The third-order valence-corrected chi connectivity index (χ3v) is 2.08. The van der Waals surface area contributed by atoms with Gasteiger partial charge in [-0.15, -0.1) is 0 Å². The number of rotatable bonds is 2. The maximum atomic E-state index is 5.96. The SMILES string of the molecule is Cc1noc(CC(N)C(C)(C)C)n1. The smallest absolute Gasteiger partial charge is 0.228 e. The predicted molar refractivity (Wildman–Crippen MR) is 50.2 cm³/mol. The summed E-state index contributed by atoms with van der Waals surface area (Å²) in [6.07, 6.45) is 0.643. The summed E-state index contributed by atoms with van der Waals surface area (Å²) in [6.45, 7) is 8.10. The summed E-state index contributed by atoms with van der Waals surface area (Å²) in [5, 5.41) is 3.71. The molecule has 0 radical (unpaired) electrons. The molecule has 13 heavy (non-hydrogen) atoms. The van der Waals surface area contributed by atoms with Crippen LogP contribution in [0.25, 0.3) is 0 Å². The van der Waals surface area contributed by atoms with Crippen molar-refractivity contribution in [3.05, 3.63) is 11.7 Å². The summed E-state index contributed by atoms with van der Waals surface area (Å²) in [6, 6.07) is 0.0485. The van der Waals surface area contributed by atoms with Gasteiger partial charge >= 0.3 is 0 Å². The van der Waals surface area contributed by atoms with Crippen LogP contribution in [-0.4, -0.2) is 16.2 Å². The van der Waals surface area contributed by atoms with Crippen LogP contribution in [0.2, 0.25) is 0 Å². The van der Waals surface area contributed by atoms with E-state index in [2.05, 4.69) is 30.9 Å². The Hall–Kier alpha value is -0.900. The Bertz CT molecular complexity index is 275. The minimum Gasteiger partial charge on any atom is -0.339 e. The van der Waals surface area contributed by atoms with Crippen LogP contribution < -0.4 is 5.73 Å². The molecule has 0 aliphatic carbocycles. The van der Waals surface area contributed by atoms with Gasteiger partial charge in [-0.2, -0.15) is 4.98 Å². The summed E-state index contributed by atoms with van der Waals surface area (Å²) in [5.74, 6) is 1.29. The summed E-state index contributed by atoms with van der Waals surface area (Å²) in [7, 11) is 0. The van der Waals surface area contributed by atoms with E-state index in [0.29, 0.717) is 18.1 Å². The zero-order valence-corrected chi connectivity index (χ0v) is 8.66. The zero-order chi connectivity index (χ0) is 10.1. The van der Waals surface area contributed by atoms with Crippen LogP contribution in [0.1, 0.15) is 32.5 Å². The molecule has 4 nitrogen and oxygen atoms in total. The van der Waals surface area contributed by atoms with Gasteiger partial charge in [-0.1, -0.05) is 25.9 Å². The molecule has 0 spiro atoms. The molecule has 1 heterocycles. The highest BCUT2D eigenvalue weighted by Gasteiger charge is 2.22. The van der Waals surface area contributed by atoms with Gasteiger partial charge < -0.3 is 10.3 Å². The fourth-order valence-corrected chi connectivity index (χ4v) is 0.917. The molecule has 1 aromatic rings. The average Bonchev–Trinajstić information content (AvgIpc) is 2.33. The number of hydrogen-bond donors (Lipinski definition) is 1. The Balaban J connectivity index is 2.60. The van der Waals surface area contributed by atoms with E-state index in [4.69, 9.17) is 10.3 Å². The standard InChI is InChI=1S/C9H17N3O/c1-6-11-8(13-12-6)5-7(10)9(2,3)4/h7H,5,10H2,1-4H3. The van der Waals surface area contributed by atoms with E-state index in [-0.39, 0.29) is 11.5 Å². The van der Waals surface area contributed by atoms with Gasteiger partial charge in [0.2, 0.25) is 5.89 Å². The molecule has 0 aromatic carbocycles. The van der Waals surface area contributed by atoms with Crippen molar-refractivity contribution in [3.63, 3.8) is 0 Å². The molecule has 0 aliphatic heterocycles. The second-order valence-corrected chi connectivity index (χ2v) is 4.41. The average molecular weight is 183 g/mol. The third-order valence-electron chi connectivity index (χ3n) is 2.08. The van der Waals surface area contributed by atoms with Crippen LogP contribution in [0.4, 0.5) is 0 Å². The zero-order valence-electron chi connectivity index (χ0n) is 8.66.